The predicted molar refractivity (Wildman–Crippen MR) is 110 cm³/mol. The molecule has 0 atom stereocenters. The van der Waals surface area contributed by atoms with Crippen LogP contribution in [0.4, 0.5) is 0 Å². The molecule has 130 valence electrons. The summed E-state index contributed by atoms with van der Waals surface area (Å²) in [7, 11) is 0. The fourth-order valence-electron chi connectivity index (χ4n) is 3.26. The Morgan fingerprint density at radius 2 is 1.81 bits per heavy atom. The van der Waals surface area contributed by atoms with Crippen molar-refractivity contribution in [2.45, 2.75) is 6.92 Å². The van der Waals surface area contributed by atoms with E-state index in [1.807, 2.05) is 61.5 Å². The maximum absolute atomic E-state index is 12.8. The van der Waals surface area contributed by atoms with E-state index in [0.717, 1.165) is 27.5 Å². The second-order valence-corrected chi connectivity index (χ2v) is 7.49. The maximum atomic E-state index is 12.8. The summed E-state index contributed by atoms with van der Waals surface area (Å²) in [4.78, 5) is 18.0. The number of fused-ring (bicyclic) bond motifs is 2. The molecule has 27 heavy (non-hydrogen) atoms. The lowest BCUT2D eigenvalue weighted by molar-refractivity contribution is 0.936. The molecule has 0 unspecified atom stereocenters. The third-order valence-corrected chi connectivity index (χ3v) is 5.53. The van der Waals surface area contributed by atoms with E-state index in [1.165, 1.54) is 15.9 Å². The maximum Gasteiger partial charge on any atom is 0.291 e. The lowest BCUT2D eigenvalue weighted by Crippen LogP contribution is -2.23. The highest BCUT2D eigenvalue weighted by atomic mass is 32.1. The Balaban J connectivity index is 1.67. The monoisotopic (exact) mass is 369 g/mol. The summed E-state index contributed by atoms with van der Waals surface area (Å²) in [6, 6.07) is 22.2. The zero-order valence-electron chi connectivity index (χ0n) is 14.6. The zero-order valence-corrected chi connectivity index (χ0v) is 15.4. The molecule has 5 aromatic rings. The molecule has 0 radical (unpaired) electrons. The van der Waals surface area contributed by atoms with Crippen molar-refractivity contribution in [1.82, 2.24) is 14.6 Å². The first-order valence-corrected chi connectivity index (χ1v) is 9.47. The number of nitrogens with zero attached hydrogens (tertiary/aromatic N) is 3. The first-order valence-electron chi connectivity index (χ1n) is 8.65. The van der Waals surface area contributed by atoms with Gasteiger partial charge in [-0.25, -0.2) is 0 Å². The molecule has 0 fully saturated rings. The van der Waals surface area contributed by atoms with Gasteiger partial charge in [-0.05, 0) is 35.4 Å². The highest BCUT2D eigenvalue weighted by Crippen LogP contribution is 2.20. The number of aromatic nitrogens is 3. The molecule has 0 aliphatic carbocycles. The van der Waals surface area contributed by atoms with Crippen molar-refractivity contribution in [3.63, 3.8) is 0 Å². The van der Waals surface area contributed by atoms with E-state index in [2.05, 4.69) is 28.3 Å². The van der Waals surface area contributed by atoms with Gasteiger partial charge in [-0.2, -0.15) is 9.50 Å². The van der Waals surface area contributed by atoms with Crippen LogP contribution in [0, 0.1) is 6.92 Å². The highest BCUT2D eigenvalue weighted by molar-refractivity contribution is 7.15. The minimum Gasteiger partial charge on any atom is -0.266 e. The predicted octanol–water partition coefficient (Wildman–Crippen LogP) is 3.83. The van der Waals surface area contributed by atoms with Crippen LogP contribution in [-0.2, 0) is 0 Å². The molecule has 0 N–H and O–H groups in total. The van der Waals surface area contributed by atoms with Crippen molar-refractivity contribution in [3.8, 4) is 11.4 Å². The fourth-order valence-corrected chi connectivity index (χ4v) is 4.16. The summed E-state index contributed by atoms with van der Waals surface area (Å²) in [6.07, 6.45) is 1.93. The van der Waals surface area contributed by atoms with Crippen LogP contribution >= 0.6 is 11.3 Å². The van der Waals surface area contributed by atoms with Gasteiger partial charge < -0.3 is 0 Å². The van der Waals surface area contributed by atoms with E-state index in [9.17, 15) is 4.79 Å². The summed E-state index contributed by atoms with van der Waals surface area (Å²) in [5.74, 6) is 0.582. The van der Waals surface area contributed by atoms with Gasteiger partial charge in [-0.15, -0.1) is 5.10 Å². The third kappa shape index (κ3) is 2.73. The van der Waals surface area contributed by atoms with Crippen LogP contribution in [0.5, 0.6) is 0 Å². The summed E-state index contributed by atoms with van der Waals surface area (Å²) in [6.45, 7) is 2.03. The fraction of sp³-hybridized carbons (Fsp3) is 0.0455. The zero-order chi connectivity index (χ0) is 18.4. The molecule has 0 saturated heterocycles. The standard InChI is InChI=1S/C22H15N3OS/c1-14-6-4-10-17(12-14)20-23-22-25(24-20)21(26)19(27-22)13-16-9-5-8-15-7-2-3-11-18(15)16/h2-13H,1H3. The molecule has 2 aromatic heterocycles. The largest absolute Gasteiger partial charge is 0.291 e. The van der Waals surface area contributed by atoms with Crippen molar-refractivity contribution in [3.05, 3.63) is 92.7 Å². The molecule has 3 aromatic carbocycles. The molecule has 0 saturated carbocycles. The molecule has 0 amide bonds. The second-order valence-electron chi connectivity index (χ2n) is 6.48. The van der Waals surface area contributed by atoms with Crippen molar-refractivity contribution in [1.29, 1.82) is 0 Å². The Kier molecular flexibility index (Phi) is 3.62. The van der Waals surface area contributed by atoms with Crippen LogP contribution in [0.15, 0.2) is 71.5 Å². The Labute approximate surface area is 159 Å². The van der Waals surface area contributed by atoms with Crippen LogP contribution in [0.3, 0.4) is 0 Å². The first kappa shape index (κ1) is 15.9. The molecular formula is C22H15N3OS. The summed E-state index contributed by atoms with van der Waals surface area (Å²) < 4.78 is 2.04. The van der Waals surface area contributed by atoms with Crippen molar-refractivity contribution >= 4 is 33.1 Å². The normalized spacial score (nSPS) is 12.3. The molecule has 0 bridgehead atoms. The lowest BCUT2D eigenvalue weighted by Gasteiger charge is -2.00. The molecular weight excluding hydrogens is 354 g/mol. The Morgan fingerprint density at radius 3 is 2.67 bits per heavy atom. The Morgan fingerprint density at radius 1 is 1.00 bits per heavy atom. The minimum atomic E-state index is -0.130. The molecule has 0 aliphatic rings. The number of thiazole rings is 1. The van der Waals surface area contributed by atoms with Gasteiger partial charge in [0.1, 0.15) is 0 Å². The van der Waals surface area contributed by atoms with Crippen molar-refractivity contribution in [2.24, 2.45) is 0 Å². The number of hydrogen-bond donors (Lipinski definition) is 0. The lowest BCUT2D eigenvalue weighted by atomic mass is 10.0. The van der Waals surface area contributed by atoms with Crippen molar-refractivity contribution in [2.75, 3.05) is 0 Å². The van der Waals surface area contributed by atoms with Crippen LogP contribution in [0.1, 0.15) is 11.1 Å². The van der Waals surface area contributed by atoms with Gasteiger partial charge in [0.05, 0.1) is 4.53 Å². The highest BCUT2D eigenvalue weighted by Gasteiger charge is 2.12. The molecule has 5 rings (SSSR count). The van der Waals surface area contributed by atoms with E-state index in [-0.39, 0.29) is 5.56 Å². The van der Waals surface area contributed by atoms with Gasteiger partial charge in [0.15, 0.2) is 5.82 Å². The quantitative estimate of drug-likeness (QED) is 0.475. The SMILES string of the molecule is Cc1cccc(-c2nc3sc(=Cc4cccc5ccccc45)c(=O)n3n2)c1. The van der Waals surface area contributed by atoms with Crippen LogP contribution in [0.25, 0.3) is 33.2 Å². The Hall–Kier alpha value is -3.31. The summed E-state index contributed by atoms with van der Waals surface area (Å²) >= 11 is 1.37. The van der Waals surface area contributed by atoms with E-state index < -0.39 is 0 Å². The minimum absolute atomic E-state index is 0.130. The van der Waals surface area contributed by atoms with Gasteiger partial charge in [0.25, 0.3) is 5.56 Å². The molecule has 5 heteroatoms. The number of benzene rings is 3. The van der Waals surface area contributed by atoms with E-state index in [1.54, 1.807) is 0 Å². The van der Waals surface area contributed by atoms with E-state index in [0.29, 0.717) is 15.3 Å². The van der Waals surface area contributed by atoms with Crippen LogP contribution in [-0.4, -0.2) is 14.6 Å². The van der Waals surface area contributed by atoms with Crippen molar-refractivity contribution < 1.29 is 0 Å². The number of rotatable bonds is 2. The molecule has 2 heterocycles. The smallest absolute Gasteiger partial charge is 0.266 e. The molecule has 4 nitrogen and oxygen atoms in total. The molecule has 0 aliphatic heterocycles. The van der Waals surface area contributed by atoms with Gasteiger partial charge in [0.2, 0.25) is 4.96 Å². The molecule has 0 spiro atoms. The van der Waals surface area contributed by atoms with Gasteiger partial charge >= 0.3 is 0 Å². The average molecular weight is 369 g/mol. The van der Waals surface area contributed by atoms with Gasteiger partial charge in [-0.3, -0.25) is 4.79 Å². The average Bonchev–Trinajstić information content (AvgIpc) is 3.22. The third-order valence-electron chi connectivity index (χ3n) is 4.57. The Bertz CT molecular complexity index is 1410. The van der Waals surface area contributed by atoms with Gasteiger partial charge in [-0.1, -0.05) is 77.6 Å². The first-order chi connectivity index (χ1) is 13.2. The van der Waals surface area contributed by atoms with Crippen LogP contribution < -0.4 is 10.1 Å². The summed E-state index contributed by atoms with van der Waals surface area (Å²) in [5.41, 5.74) is 2.95. The number of aryl methyl sites for hydroxylation is 1. The summed E-state index contributed by atoms with van der Waals surface area (Å²) in [5, 5.41) is 6.71. The van der Waals surface area contributed by atoms with Gasteiger partial charge in [0, 0.05) is 5.56 Å². The second kappa shape index (κ2) is 6.14. The van der Waals surface area contributed by atoms with Crippen LogP contribution in [0.2, 0.25) is 0 Å². The van der Waals surface area contributed by atoms with E-state index >= 15 is 0 Å². The van der Waals surface area contributed by atoms with E-state index in [4.69, 9.17) is 0 Å². The number of hydrogen-bond acceptors (Lipinski definition) is 4. The topological polar surface area (TPSA) is 47.3 Å².